The Kier molecular flexibility index (Phi) is 5.69. The van der Waals surface area contributed by atoms with Gasteiger partial charge in [-0.2, -0.15) is 0 Å². The fourth-order valence-electron chi connectivity index (χ4n) is 1.31. The van der Waals surface area contributed by atoms with Gasteiger partial charge >= 0.3 is 11.9 Å². The van der Waals surface area contributed by atoms with Crippen molar-refractivity contribution in [2.45, 2.75) is 19.4 Å². The maximum atomic E-state index is 11.7. The smallest absolute Gasteiger partial charge is 0.356 e. The third kappa shape index (κ3) is 3.80. The fraction of sp³-hybridized carbons (Fsp3) is 0.357. The highest BCUT2D eigenvalue weighted by molar-refractivity contribution is 5.95. The lowest BCUT2D eigenvalue weighted by molar-refractivity contribution is 0.0593. The van der Waals surface area contributed by atoms with Crippen LogP contribution in [-0.2, 0) is 9.47 Å². The van der Waals surface area contributed by atoms with Crippen molar-refractivity contribution in [2.24, 2.45) is 0 Å². The summed E-state index contributed by atoms with van der Waals surface area (Å²) >= 11 is 0. The Morgan fingerprint density at radius 2 is 2.00 bits per heavy atom. The van der Waals surface area contributed by atoms with E-state index < -0.39 is 18.0 Å². The van der Waals surface area contributed by atoms with E-state index in [1.165, 1.54) is 26.5 Å². The van der Waals surface area contributed by atoms with E-state index >= 15 is 0 Å². The number of aliphatic hydroxyl groups excluding tert-OH is 1. The summed E-state index contributed by atoms with van der Waals surface area (Å²) in [6.45, 7) is 1.78. The first-order valence-corrected chi connectivity index (χ1v) is 5.89. The molecule has 0 fully saturated rings. The molecule has 106 valence electrons. The van der Waals surface area contributed by atoms with E-state index in [-0.39, 0.29) is 16.8 Å². The van der Waals surface area contributed by atoms with Crippen LogP contribution in [0, 0.1) is 11.8 Å². The van der Waals surface area contributed by atoms with Crippen LogP contribution in [0.3, 0.4) is 0 Å². The molecule has 1 unspecified atom stereocenters. The number of hydrogen-bond donors (Lipinski definition) is 1. The number of carbonyl (C=O) groups excluding carboxylic acids is 2. The summed E-state index contributed by atoms with van der Waals surface area (Å²) in [5, 5.41) is 9.40. The number of methoxy groups -OCH3 is 2. The van der Waals surface area contributed by atoms with Gasteiger partial charge in [-0.05, 0) is 12.5 Å². The van der Waals surface area contributed by atoms with Crippen LogP contribution in [0.5, 0.6) is 0 Å². The highest BCUT2D eigenvalue weighted by atomic mass is 16.5. The summed E-state index contributed by atoms with van der Waals surface area (Å²) in [6.07, 6.45) is 0.947. The number of rotatable bonds is 3. The maximum absolute atomic E-state index is 11.7. The van der Waals surface area contributed by atoms with Crippen molar-refractivity contribution in [3.8, 4) is 11.8 Å². The van der Waals surface area contributed by atoms with E-state index in [9.17, 15) is 14.7 Å². The number of hydrogen-bond acceptors (Lipinski definition) is 6. The lowest BCUT2D eigenvalue weighted by Gasteiger charge is -2.05. The third-order valence-corrected chi connectivity index (χ3v) is 2.46. The number of esters is 2. The predicted octanol–water partition coefficient (Wildman–Crippen LogP) is 0.777. The zero-order valence-corrected chi connectivity index (χ0v) is 11.5. The molecule has 0 saturated carbocycles. The average Bonchev–Trinajstić information content (AvgIpc) is 2.50. The van der Waals surface area contributed by atoms with Gasteiger partial charge in [-0.15, -0.1) is 0 Å². The van der Waals surface area contributed by atoms with Crippen molar-refractivity contribution in [3.63, 3.8) is 0 Å². The number of nitrogens with zero attached hydrogens (tertiary/aromatic N) is 1. The van der Waals surface area contributed by atoms with Crippen LogP contribution >= 0.6 is 0 Å². The first-order valence-electron chi connectivity index (χ1n) is 5.89. The van der Waals surface area contributed by atoms with Gasteiger partial charge in [0.05, 0.1) is 25.3 Å². The van der Waals surface area contributed by atoms with Crippen molar-refractivity contribution < 1.29 is 24.2 Å². The molecule has 0 spiro atoms. The van der Waals surface area contributed by atoms with E-state index in [1.807, 2.05) is 0 Å². The number of pyridine rings is 1. The number of aromatic nitrogens is 1. The lowest BCUT2D eigenvalue weighted by atomic mass is 10.1. The Bertz CT molecular complexity index is 571. The topological polar surface area (TPSA) is 85.7 Å². The van der Waals surface area contributed by atoms with Crippen molar-refractivity contribution in [1.82, 2.24) is 4.98 Å². The normalized spacial score (nSPS) is 11.0. The quantitative estimate of drug-likeness (QED) is 0.649. The summed E-state index contributed by atoms with van der Waals surface area (Å²) in [5.74, 6) is 3.91. The molecule has 0 amide bonds. The van der Waals surface area contributed by atoms with E-state index in [2.05, 4.69) is 26.3 Å². The molecule has 0 radical (unpaired) electrons. The molecule has 1 N–H and O–H groups in total. The van der Waals surface area contributed by atoms with Crippen LogP contribution in [0.4, 0.5) is 0 Å². The molecule has 0 aliphatic heterocycles. The number of aliphatic hydroxyl groups is 1. The summed E-state index contributed by atoms with van der Waals surface area (Å²) in [6, 6.07) is 1.25. The van der Waals surface area contributed by atoms with Gasteiger partial charge in [0.25, 0.3) is 0 Å². The molecule has 0 saturated heterocycles. The Balaban J connectivity index is 3.26. The van der Waals surface area contributed by atoms with Gasteiger partial charge in [0.2, 0.25) is 0 Å². The number of carbonyl (C=O) groups is 2. The first-order chi connectivity index (χ1) is 9.53. The van der Waals surface area contributed by atoms with Gasteiger partial charge in [0.15, 0.2) is 0 Å². The Labute approximate surface area is 116 Å². The first kappa shape index (κ1) is 15.7. The van der Waals surface area contributed by atoms with Crippen molar-refractivity contribution >= 4 is 11.9 Å². The fourth-order valence-corrected chi connectivity index (χ4v) is 1.31. The molecule has 1 rings (SSSR count). The van der Waals surface area contributed by atoms with Crippen molar-refractivity contribution in [2.75, 3.05) is 14.2 Å². The van der Waals surface area contributed by atoms with Crippen LogP contribution in [0.25, 0.3) is 0 Å². The molecule has 0 aliphatic carbocycles. The van der Waals surface area contributed by atoms with Crippen LogP contribution in [0.15, 0.2) is 12.3 Å². The predicted molar refractivity (Wildman–Crippen MR) is 70.1 cm³/mol. The Hall–Kier alpha value is -2.39. The minimum absolute atomic E-state index is 0.0190. The monoisotopic (exact) mass is 277 g/mol. The van der Waals surface area contributed by atoms with Gasteiger partial charge in [-0.3, -0.25) is 0 Å². The van der Waals surface area contributed by atoms with Gasteiger partial charge in [-0.25, -0.2) is 14.6 Å². The molecule has 1 heterocycles. The molecule has 0 aromatic carbocycles. The van der Waals surface area contributed by atoms with Gasteiger partial charge in [-0.1, -0.05) is 18.8 Å². The summed E-state index contributed by atoms with van der Waals surface area (Å²) in [4.78, 5) is 26.9. The van der Waals surface area contributed by atoms with E-state index in [4.69, 9.17) is 0 Å². The molecule has 1 atom stereocenters. The largest absolute Gasteiger partial charge is 0.465 e. The molecule has 1 aromatic rings. The second-order valence-electron chi connectivity index (χ2n) is 3.79. The molecule has 1 aromatic heterocycles. The zero-order valence-electron chi connectivity index (χ0n) is 11.5. The SMILES string of the molecule is CCC(O)C#Cc1cnc(C(=O)OC)cc1C(=O)OC. The summed E-state index contributed by atoms with van der Waals surface area (Å²) in [7, 11) is 2.44. The van der Waals surface area contributed by atoms with Gasteiger partial charge in [0, 0.05) is 6.20 Å². The summed E-state index contributed by atoms with van der Waals surface area (Å²) in [5.41, 5.74) is 0.352. The zero-order chi connectivity index (χ0) is 15.1. The molecule has 6 nitrogen and oxygen atoms in total. The average molecular weight is 277 g/mol. The molecule has 0 bridgehead atoms. The maximum Gasteiger partial charge on any atom is 0.356 e. The van der Waals surface area contributed by atoms with Gasteiger partial charge < -0.3 is 14.6 Å². The molecular weight excluding hydrogens is 262 g/mol. The minimum Gasteiger partial charge on any atom is -0.465 e. The molecule has 6 heteroatoms. The van der Waals surface area contributed by atoms with Gasteiger partial charge in [0.1, 0.15) is 11.8 Å². The molecule has 0 aliphatic rings. The Morgan fingerprint density at radius 1 is 1.35 bits per heavy atom. The molecular formula is C14H15NO5. The Morgan fingerprint density at radius 3 is 2.55 bits per heavy atom. The molecule has 20 heavy (non-hydrogen) atoms. The van der Waals surface area contributed by atoms with E-state index in [0.717, 1.165) is 0 Å². The highest BCUT2D eigenvalue weighted by Crippen LogP contribution is 2.11. The third-order valence-electron chi connectivity index (χ3n) is 2.46. The lowest BCUT2D eigenvalue weighted by Crippen LogP contribution is -2.10. The van der Waals surface area contributed by atoms with Crippen molar-refractivity contribution in [1.29, 1.82) is 0 Å². The van der Waals surface area contributed by atoms with Crippen LogP contribution in [0.1, 0.15) is 39.8 Å². The highest BCUT2D eigenvalue weighted by Gasteiger charge is 2.16. The minimum atomic E-state index is -0.791. The summed E-state index contributed by atoms with van der Waals surface area (Å²) < 4.78 is 9.16. The standard InChI is InChI=1S/C14H15NO5/c1-4-10(16)6-5-9-8-15-12(14(18)20-3)7-11(9)13(17)19-2/h7-8,10,16H,4H2,1-3H3. The van der Waals surface area contributed by atoms with Crippen LogP contribution in [-0.4, -0.2) is 42.4 Å². The second-order valence-corrected chi connectivity index (χ2v) is 3.79. The number of ether oxygens (including phenoxy) is 2. The second kappa shape index (κ2) is 7.26. The van der Waals surface area contributed by atoms with E-state index in [0.29, 0.717) is 6.42 Å². The van der Waals surface area contributed by atoms with Crippen LogP contribution < -0.4 is 0 Å². The van der Waals surface area contributed by atoms with E-state index in [1.54, 1.807) is 6.92 Å². The van der Waals surface area contributed by atoms with Crippen molar-refractivity contribution in [3.05, 3.63) is 29.1 Å². The van der Waals surface area contributed by atoms with Crippen LogP contribution in [0.2, 0.25) is 0 Å².